The van der Waals surface area contributed by atoms with Crippen LogP contribution < -0.4 is 4.90 Å². The molecule has 0 unspecified atom stereocenters. The van der Waals surface area contributed by atoms with E-state index in [1.807, 2.05) is 30.3 Å². The quantitative estimate of drug-likeness (QED) is 0.855. The normalized spacial score (nSPS) is 17.9. The molecule has 1 aliphatic rings. The Kier molecular flexibility index (Phi) is 3.21. The summed E-state index contributed by atoms with van der Waals surface area (Å²) in [6, 6.07) is 11.4. The second kappa shape index (κ2) is 5.17. The summed E-state index contributed by atoms with van der Waals surface area (Å²) in [6.07, 6.45) is 4.35. The van der Waals surface area contributed by atoms with Crippen LogP contribution in [0.15, 0.2) is 48.8 Å². The smallest absolute Gasteiger partial charge is 0.415 e. The molecule has 0 N–H and O–H groups in total. The first-order chi connectivity index (χ1) is 9.81. The van der Waals surface area contributed by atoms with E-state index in [0.717, 1.165) is 11.1 Å². The van der Waals surface area contributed by atoms with Crippen LogP contribution in [0.2, 0.25) is 0 Å². The van der Waals surface area contributed by atoms with Crippen LogP contribution in [0.5, 0.6) is 0 Å². The molecule has 1 aromatic heterocycles. The standard InChI is InChI=1S/C16H13N2O2/c1-2-12-8-9-17-10-14(12)18-15(11-20-16(18)19)13-6-4-3-5-7-13/h1-10,15H,11H2/t15-/m0/s1. The highest BCUT2D eigenvalue weighted by molar-refractivity contribution is 5.92. The Bertz CT molecular complexity index is 640. The highest BCUT2D eigenvalue weighted by Crippen LogP contribution is 2.34. The van der Waals surface area contributed by atoms with Gasteiger partial charge in [-0.15, -0.1) is 0 Å². The number of hydrogen-bond donors (Lipinski definition) is 0. The van der Waals surface area contributed by atoms with Gasteiger partial charge in [-0.1, -0.05) is 43.0 Å². The molecule has 0 spiro atoms. The summed E-state index contributed by atoms with van der Waals surface area (Å²) >= 11 is 0. The van der Waals surface area contributed by atoms with Gasteiger partial charge in [-0.05, 0) is 11.6 Å². The van der Waals surface area contributed by atoms with Gasteiger partial charge in [0.15, 0.2) is 0 Å². The van der Waals surface area contributed by atoms with Crippen molar-refractivity contribution in [1.29, 1.82) is 0 Å². The fourth-order valence-electron chi connectivity index (χ4n) is 2.35. The van der Waals surface area contributed by atoms with Crippen molar-refractivity contribution < 1.29 is 9.53 Å². The molecule has 1 saturated heterocycles. The van der Waals surface area contributed by atoms with Gasteiger partial charge in [0, 0.05) is 11.8 Å². The molecule has 2 aromatic rings. The minimum absolute atomic E-state index is 0.161. The second-order valence-corrected chi connectivity index (χ2v) is 4.47. The Balaban J connectivity index is 2.05. The Morgan fingerprint density at radius 1 is 1.30 bits per heavy atom. The van der Waals surface area contributed by atoms with Crippen molar-refractivity contribution in [3.63, 3.8) is 0 Å². The number of ether oxygens (including phenoxy) is 1. The van der Waals surface area contributed by atoms with E-state index in [9.17, 15) is 4.79 Å². The third-order valence-electron chi connectivity index (χ3n) is 3.33. The van der Waals surface area contributed by atoms with Gasteiger partial charge >= 0.3 is 6.09 Å². The van der Waals surface area contributed by atoms with E-state index in [-0.39, 0.29) is 12.1 Å². The average Bonchev–Trinajstić information content (AvgIpc) is 2.89. The van der Waals surface area contributed by atoms with Crippen LogP contribution in [0.25, 0.3) is 6.08 Å². The lowest BCUT2D eigenvalue weighted by Crippen LogP contribution is -2.28. The van der Waals surface area contributed by atoms with Crippen molar-refractivity contribution in [2.75, 3.05) is 11.5 Å². The van der Waals surface area contributed by atoms with Gasteiger partial charge < -0.3 is 4.74 Å². The maximum absolute atomic E-state index is 12.0. The molecule has 99 valence electrons. The van der Waals surface area contributed by atoms with Crippen molar-refractivity contribution >= 4 is 17.9 Å². The zero-order chi connectivity index (χ0) is 13.9. The molecule has 1 atom stereocenters. The number of carbonyl (C=O) groups excluding carboxylic acids is 1. The van der Waals surface area contributed by atoms with Gasteiger partial charge in [0.05, 0.1) is 17.9 Å². The van der Waals surface area contributed by atoms with E-state index in [1.165, 1.54) is 6.08 Å². The second-order valence-electron chi connectivity index (χ2n) is 4.47. The maximum atomic E-state index is 12.0. The van der Waals surface area contributed by atoms with Crippen LogP contribution in [0.3, 0.4) is 0 Å². The number of nitrogens with zero attached hydrogens (tertiary/aromatic N) is 2. The molecule has 20 heavy (non-hydrogen) atoms. The molecular formula is C16H13N2O2. The van der Waals surface area contributed by atoms with Crippen molar-refractivity contribution in [3.8, 4) is 0 Å². The fraction of sp³-hybridized carbons (Fsp3) is 0.125. The molecule has 1 aromatic carbocycles. The largest absolute Gasteiger partial charge is 0.447 e. The van der Waals surface area contributed by atoms with E-state index >= 15 is 0 Å². The maximum Gasteiger partial charge on any atom is 0.415 e. The predicted molar refractivity (Wildman–Crippen MR) is 76.0 cm³/mol. The van der Waals surface area contributed by atoms with Crippen LogP contribution in [-0.2, 0) is 4.74 Å². The topological polar surface area (TPSA) is 42.4 Å². The molecule has 3 rings (SSSR count). The molecule has 1 radical (unpaired) electrons. The van der Waals surface area contributed by atoms with E-state index in [1.54, 1.807) is 23.4 Å². The Hall–Kier alpha value is -2.62. The summed E-state index contributed by atoms with van der Waals surface area (Å²) in [5.41, 5.74) is 2.43. The van der Waals surface area contributed by atoms with Crippen LogP contribution >= 0.6 is 0 Å². The molecule has 1 amide bonds. The number of pyridine rings is 1. The Morgan fingerprint density at radius 2 is 2.10 bits per heavy atom. The van der Waals surface area contributed by atoms with Crippen LogP contribution in [0, 0.1) is 6.58 Å². The summed E-state index contributed by atoms with van der Waals surface area (Å²) < 4.78 is 5.19. The molecule has 4 heteroatoms. The lowest BCUT2D eigenvalue weighted by molar-refractivity contribution is 0.179. The van der Waals surface area contributed by atoms with Gasteiger partial charge in [-0.2, -0.15) is 0 Å². The molecule has 0 aliphatic carbocycles. The van der Waals surface area contributed by atoms with Crippen molar-refractivity contribution in [2.24, 2.45) is 0 Å². The first kappa shape index (κ1) is 12.4. The molecule has 1 fully saturated rings. The molecule has 4 nitrogen and oxygen atoms in total. The summed E-state index contributed by atoms with van der Waals surface area (Å²) in [6.45, 7) is 5.94. The van der Waals surface area contributed by atoms with Gasteiger partial charge in [-0.25, -0.2) is 4.79 Å². The van der Waals surface area contributed by atoms with Crippen molar-refractivity contribution in [2.45, 2.75) is 6.04 Å². The average molecular weight is 265 g/mol. The lowest BCUT2D eigenvalue weighted by atomic mass is 10.1. The summed E-state index contributed by atoms with van der Waals surface area (Å²) in [7, 11) is 0. The lowest BCUT2D eigenvalue weighted by Gasteiger charge is -2.22. The number of rotatable bonds is 3. The predicted octanol–water partition coefficient (Wildman–Crippen LogP) is 3.23. The Morgan fingerprint density at radius 3 is 2.85 bits per heavy atom. The van der Waals surface area contributed by atoms with Gasteiger partial charge in [0.1, 0.15) is 6.61 Å². The SMILES string of the molecule is [CH]=Cc1ccncc1N1C(=O)OC[C@H]1c1ccccc1. The van der Waals surface area contributed by atoms with E-state index < -0.39 is 0 Å². The molecule has 0 bridgehead atoms. The third-order valence-corrected chi connectivity index (χ3v) is 3.33. The number of aromatic nitrogens is 1. The number of hydrogen-bond acceptors (Lipinski definition) is 3. The number of amides is 1. The Labute approximate surface area is 117 Å². The zero-order valence-electron chi connectivity index (χ0n) is 10.8. The number of carbonyl (C=O) groups is 1. The summed E-state index contributed by atoms with van der Waals surface area (Å²) in [4.78, 5) is 17.7. The summed E-state index contributed by atoms with van der Waals surface area (Å²) in [5.74, 6) is 0. The monoisotopic (exact) mass is 265 g/mol. The van der Waals surface area contributed by atoms with Gasteiger partial charge in [0.25, 0.3) is 0 Å². The van der Waals surface area contributed by atoms with E-state index in [2.05, 4.69) is 4.98 Å². The fourth-order valence-corrected chi connectivity index (χ4v) is 2.35. The summed E-state index contributed by atoms with van der Waals surface area (Å²) in [5, 5.41) is 0. The van der Waals surface area contributed by atoms with Crippen LogP contribution in [0.4, 0.5) is 10.5 Å². The van der Waals surface area contributed by atoms with Gasteiger partial charge in [-0.3, -0.25) is 9.88 Å². The minimum Gasteiger partial charge on any atom is -0.447 e. The van der Waals surface area contributed by atoms with Gasteiger partial charge in [0.2, 0.25) is 0 Å². The van der Waals surface area contributed by atoms with Crippen molar-refractivity contribution in [1.82, 2.24) is 4.98 Å². The van der Waals surface area contributed by atoms with Crippen molar-refractivity contribution in [3.05, 3.63) is 66.5 Å². The van der Waals surface area contributed by atoms with Crippen LogP contribution in [0.1, 0.15) is 17.2 Å². The highest BCUT2D eigenvalue weighted by atomic mass is 16.6. The van der Waals surface area contributed by atoms with E-state index in [4.69, 9.17) is 11.3 Å². The first-order valence-electron chi connectivity index (χ1n) is 6.31. The molecular weight excluding hydrogens is 252 g/mol. The molecule has 2 heterocycles. The number of cyclic esters (lactones) is 1. The molecule has 0 saturated carbocycles. The first-order valence-corrected chi connectivity index (χ1v) is 6.31. The number of anilines is 1. The zero-order valence-corrected chi connectivity index (χ0v) is 10.8. The highest BCUT2D eigenvalue weighted by Gasteiger charge is 2.36. The van der Waals surface area contributed by atoms with E-state index in [0.29, 0.717) is 12.3 Å². The number of benzene rings is 1. The van der Waals surface area contributed by atoms with Crippen LogP contribution in [-0.4, -0.2) is 17.7 Å². The minimum atomic E-state index is -0.380. The third kappa shape index (κ3) is 2.05. The molecule has 1 aliphatic heterocycles.